The number of aliphatic carboxylic acids is 1. The van der Waals surface area contributed by atoms with Gasteiger partial charge >= 0.3 is 5.97 Å². The van der Waals surface area contributed by atoms with E-state index in [1.165, 1.54) is 0 Å². The average molecular weight is 282 g/mol. The Balaban J connectivity index is 2.34. The summed E-state index contributed by atoms with van der Waals surface area (Å²) >= 11 is 0. The number of ketones is 1. The third-order valence-electron chi connectivity index (χ3n) is 4.15. The Hall–Kier alpha value is -1.16. The van der Waals surface area contributed by atoms with Gasteiger partial charge in [0.1, 0.15) is 0 Å². The van der Waals surface area contributed by atoms with Crippen molar-refractivity contribution in [3.63, 3.8) is 0 Å². The monoisotopic (exact) mass is 282 g/mol. The fourth-order valence-corrected chi connectivity index (χ4v) is 2.90. The molecule has 0 aromatic rings. The molecular formula is C16H26O4. The Morgan fingerprint density at radius 3 is 2.60 bits per heavy atom. The number of carbonyl (C=O) groups excluding carboxylic acids is 1. The number of hydrogen-bond acceptors (Lipinski definition) is 3. The number of unbranched alkanes of at least 4 members (excludes halogenated alkanes) is 2. The molecule has 0 bridgehead atoms. The standard InChI is InChI=1S/C16H26O4/c1-2-13(17)10-8-12-9-11-15(18)14(12)6-4-3-5-7-16(19)20/h8,10,12,14-15,18H,2-7,9,11H2,1H3,(H,19,20). The first-order valence-electron chi connectivity index (χ1n) is 7.65. The van der Waals surface area contributed by atoms with Gasteiger partial charge in [-0.15, -0.1) is 0 Å². The Labute approximate surface area is 120 Å². The van der Waals surface area contributed by atoms with Gasteiger partial charge in [0.15, 0.2) is 5.78 Å². The molecule has 0 amide bonds. The summed E-state index contributed by atoms with van der Waals surface area (Å²) in [6.45, 7) is 1.84. The van der Waals surface area contributed by atoms with Crippen molar-refractivity contribution in [3.8, 4) is 0 Å². The molecule has 0 saturated heterocycles. The number of aliphatic hydroxyl groups excluding tert-OH is 1. The molecular weight excluding hydrogens is 256 g/mol. The molecule has 3 unspecified atom stereocenters. The Bertz CT molecular complexity index is 348. The first-order valence-corrected chi connectivity index (χ1v) is 7.65. The highest BCUT2D eigenvalue weighted by Gasteiger charge is 2.32. The lowest BCUT2D eigenvalue weighted by Gasteiger charge is -2.19. The van der Waals surface area contributed by atoms with Crippen LogP contribution in [0.5, 0.6) is 0 Å². The lowest BCUT2D eigenvalue weighted by Crippen LogP contribution is -2.18. The van der Waals surface area contributed by atoms with Gasteiger partial charge in [0, 0.05) is 12.8 Å². The maximum atomic E-state index is 11.3. The van der Waals surface area contributed by atoms with Gasteiger partial charge < -0.3 is 10.2 Å². The second kappa shape index (κ2) is 8.90. The van der Waals surface area contributed by atoms with Crippen molar-refractivity contribution in [2.75, 3.05) is 0 Å². The normalized spacial score (nSPS) is 26.2. The van der Waals surface area contributed by atoms with Crippen molar-refractivity contribution in [1.29, 1.82) is 0 Å². The summed E-state index contributed by atoms with van der Waals surface area (Å²) in [5, 5.41) is 18.6. The van der Waals surface area contributed by atoms with Gasteiger partial charge in [-0.25, -0.2) is 0 Å². The molecule has 20 heavy (non-hydrogen) atoms. The SMILES string of the molecule is CCC(=O)C=CC1CCC(O)C1CCCCCC(=O)O. The number of aliphatic hydroxyl groups is 1. The molecule has 0 radical (unpaired) electrons. The van der Waals surface area contributed by atoms with E-state index in [-0.39, 0.29) is 24.2 Å². The van der Waals surface area contributed by atoms with E-state index in [0.29, 0.717) is 18.8 Å². The molecule has 2 N–H and O–H groups in total. The minimum Gasteiger partial charge on any atom is -0.481 e. The van der Waals surface area contributed by atoms with E-state index in [1.807, 2.05) is 13.0 Å². The number of carbonyl (C=O) groups is 2. The molecule has 4 nitrogen and oxygen atoms in total. The van der Waals surface area contributed by atoms with Crippen molar-refractivity contribution in [3.05, 3.63) is 12.2 Å². The van der Waals surface area contributed by atoms with Crippen molar-refractivity contribution in [2.24, 2.45) is 11.8 Å². The summed E-state index contributed by atoms with van der Waals surface area (Å²) in [6, 6.07) is 0. The molecule has 1 fully saturated rings. The van der Waals surface area contributed by atoms with Gasteiger partial charge in [0.25, 0.3) is 0 Å². The molecule has 1 rings (SSSR count). The van der Waals surface area contributed by atoms with E-state index in [2.05, 4.69) is 0 Å². The van der Waals surface area contributed by atoms with Crippen molar-refractivity contribution in [2.45, 2.75) is 64.4 Å². The average Bonchev–Trinajstić information content (AvgIpc) is 2.76. The van der Waals surface area contributed by atoms with E-state index >= 15 is 0 Å². The van der Waals surface area contributed by atoms with E-state index in [1.54, 1.807) is 6.08 Å². The zero-order chi connectivity index (χ0) is 15.0. The second-order valence-electron chi connectivity index (χ2n) is 5.64. The summed E-state index contributed by atoms with van der Waals surface area (Å²) in [6.07, 6.45) is 9.27. The fourth-order valence-electron chi connectivity index (χ4n) is 2.90. The van der Waals surface area contributed by atoms with E-state index in [9.17, 15) is 14.7 Å². The van der Waals surface area contributed by atoms with Gasteiger partial charge in [0.05, 0.1) is 6.10 Å². The molecule has 1 saturated carbocycles. The smallest absolute Gasteiger partial charge is 0.303 e. The zero-order valence-corrected chi connectivity index (χ0v) is 12.3. The maximum absolute atomic E-state index is 11.3. The van der Waals surface area contributed by atoms with Crippen LogP contribution >= 0.6 is 0 Å². The van der Waals surface area contributed by atoms with Gasteiger partial charge in [0.2, 0.25) is 0 Å². The van der Waals surface area contributed by atoms with Crippen LogP contribution in [0.1, 0.15) is 58.3 Å². The number of hydrogen-bond donors (Lipinski definition) is 2. The third kappa shape index (κ3) is 5.87. The summed E-state index contributed by atoms with van der Waals surface area (Å²) < 4.78 is 0. The van der Waals surface area contributed by atoms with Crippen LogP contribution in [0.2, 0.25) is 0 Å². The molecule has 1 aliphatic rings. The maximum Gasteiger partial charge on any atom is 0.303 e. The highest BCUT2D eigenvalue weighted by atomic mass is 16.4. The van der Waals surface area contributed by atoms with Crippen molar-refractivity contribution in [1.82, 2.24) is 0 Å². The predicted octanol–water partition coefficient (Wildman–Crippen LogP) is 2.94. The highest BCUT2D eigenvalue weighted by Crippen LogP contribution is 2.36. The van der Waals surface area contributed by atoms with Crippen LogP contribution in [0.4, 0.5) is 0 Å². The van der Waals surface area contributed by atoms with Crippen LogP contribution < -0.4 is 0 Å². The van der Waals surface area contributed by atoms with E-state index in [0.717, 1.165) is 32.1 Å². The van der Waals surface area contributed by atoms with Crippen LogP contribution in [-0.4, -0.2) is 28.1 Å². The number of carboxylic acid groups (broad SMARTS) is 1. The topological polar surface area (TPSA) is 74.6 Å². The van der Waals surface area contributed by atoms with Gasteiger partial charge in [-0.2, -0.15) is 0 Å². The second-order valence-corrected chi connectivity index (χ2v) is 5.64. The lowest BCUT2D eigenvalue weighted by atomic mass is 9.89. The van der Waals surface area contributed by atoms with Gasteiger partial charge in [-0.1, -0.05) is 25.8 Å². The van der Waals surface area contributed by atoms with Crippen LogP contribution in [0.25, 0.3) is 0 Å². The summed E-state index contributed by atoms with van der Waals surface area (Å²) in [7, 11) is 0. The fraction of sp³-hybridized carbons (Fsp3) is 0.750. The minimum atomic E-state index is -0.746. The first-order chi connectivity index (χ1) is 9.54. The Morgan fingerprint density at radius 2 is 1.95 bits per heavy atom. The zero-order valence-electron chi connectivity index (χ0n) is 12.3. The van der Waals surface area contributed by atoms with Crippen molar-refractivity contribution < 1.29 is 19.8 Å². The summed E-state index contributed by atoms with van der Waals surface area (Å²) in [4.78, 5) is 21.7. The van der Waals surface area contributed by atoms with Crippen LogP contribution in [0.15, 0.2) is 12.2 Å². The molecule has 0 heterocycles. The largest absolute Gasteiger partial charge is 0.481 e. The number of allylic oxidation sites excluding steroid dienone is 2. The first kappa shape index (κ1) is 16.9. The predicted molar refractivity (Wildman–Crippen MR) is 77.4 cm³/mol. The van der Waals surface area contributed by atoms with E-state index < -0.39 is 5.97 Å². The molecule has 4 heteroatoms. The molecule has 1 aliphatic carbocycles. The third-order valence-corrected chi connectivity index (χ3v) is 4.15. The Kier molecular flexibility index (Phi) is 7.52. The molecule has 0 spiro atoms. The number of carboxylic acids is 1. The lowest BCUT2D eigenvalue weighted by molar-refractivity contribution is -0.137. The van der Waals surface area contributed by atoms with Crippen LogP contribution in [0.3, 0.4) is 0 Å². The Morgan fingerprint density at radius 1 is 1.20 bits per heavy atom. The van der Waals surface area contributed by atoms with Crippen LogP contribution in [0, 0.1) is 11.8 Å². The van der Waals surface area contributed by atoms with Crippen LogP contribution in [-0.2, 0) is 9.59 Å². The summed E-state index contributed by atoms with van der Waals surface area (Å²) in [5.41, 5.74) is 0. The molecule has 0 aliphatic heterocycles. The summed E-state index contributed by atoms with van der Waals surface area (Å²) in [5.74, 6) is -0.0999. The van der Waals surface area contributed by atoms with Gasteiger partial charge in [-0.05, 0) is 43.6 Å². The van der Waals surface area contributed by atoms with E-state index in [4.69, 9.17) is 5.11 Å². The molecule has 114 valence electrons. The van der Waals surface area contributed by atoms with Crippen molar-refractivity contribution >= 4 is 11.8 Å². The minimum absolute atomic E-state index is 0.131. The van der Waals surface area contributed by atoms with Gasteiger partial charge in [-0.3, -0.25) is 9.59 Å². The quantitative estimate of drug-likeness (QED) is 0.503. The molecule has 3 atom stereocenters. The number of rotatable bonds is 9. The highest BCUT2D eigenvalue weighted by molar-refractivity contribution is 5.89. The molecule has 0 aromatic carbocycles. The molecule has 0 aromatic heterocycles.